The fourth-order valence-corrected chi connectivity index (χ4v) is 2.00. The van der Waals surface area contributed by atoms with E-state index in [-0.39, 0.29) is 5.41 Å². The lowest BCUT2D eigenvalue weighted by molar-refractivity contribution is 0.414. The highest BCUT2D eigenvalue weighted by molar-refractivity contribution is 5.34. The van der Waals surface area contributed by atoms with Crippen LogP contribution in [0.4, 0.5) is 0 Å². The number of ether oxygens (including phenoxy) is 1. The Balaban J connectivity index is 2.85. The maximum Gasteiger partial charge on any atom is 0.118 e. The topological polar surface area (TPSA) is 9.23 Å². The maximum atomic E-state index is 5.19. The molecule has 0 saturated carbocycles. The van der Waals surface area contributed by atoms with Gasteiger partial charge in [0.2, 0.25) is 0 Å². The van der Waals surface area contributed by atoms with Crippen molar-refractivity contribution in [3.05, 3.63) is 54.1 Å². The summed E-state index contributed by atoms with van der Waals surface area (Å²) in [5.74, 6) is 0.898. The summed E-state index contributed by atoms with van der Waals surface area (Å²) in [6.45, 7) is 10.5. The third kappa shape index (κ3) is 3.76. The molecule has 1 unspecified atom stereocenters. The zero-order chi connectivity index (χ0) is 13.6. The summed E-state index contributed by atoms with van der Waals surface area (Å²) in [5.41, 5.74) is 2.69. The van der Waals surface area contributed by atoms with Gasteiger partial charge in [0.25, 0.3) is 0 Å². The van der Waals surface area contributed by atoms with Crippen LogP contribution in [-0.4, -0.2) is 7.11 Å². The van der Waals surface area contributed by atoms with Crippen molar-refractivity contribution in [2.75, 3.05) is 7.11 Å². The van der Waals surface area contributed by atoms with E-state index in [1.54, 1.807) is 7.11 Å². The molecule has 1 nitrogen and oxygen atoms in total. The van der Waals surface area contributed by atoms with Gasteiger partial charge in [0, 0.05) is 5.41 Å². The smallest absolute Gasteiger partial charge is 0.118 e. The van der Waals surface area contributed by atoms with Gasteiger partial charge in [-0.25, -0.2) is 0 Å². The van der Waals surface area contributed by atoms with Crippen LogP contribution in [0, 0.1) is 0 Å². The van der Waals surface area contributed by atoms with Crippen molar-refractivity contribution in [2.45, 2.75) is 39.0 Å². The molecule has 0 spiro atoms. The van der Waals surface area contributed by atoms with E-state index in [2.05, 4.69) is 45.6 Å². The molecule has 0 aliphatic carbocycles. The fraction of sp³-hybridized carbons (Fsp3) is 0.412. The van der Waals surface area contributed by atoms with Gasteiger partial charge >= 0.3 is 0 Å². The Morgan fingerprint density at radius 1 is 1.28 bits per heavy atom. The van der Waals surface area contributed by atoms with Crippen molar-refractivity contribution in [1.82, 2.24) is 0 Å². The Morgan fingerprint density at radius 3 is 2.33 bits per heavy atom. The first-order valence-corrected chi connectivity index (χ1v) is 6.43. The summed E-state index contributed by atoms with van der Waals surface area (Å²) in [4.78, 5) is 0. The van der Waals surface area contributed by atoms with E-state index < -0.39 is 0 Å². The first kappa shape index (κ1) is 14.6. The van der Waals surface area contributed by atoms with E-state index in [1.165, 1.54) is 11.1 Å². The van der Waals surface area contributed by atoms with Crippen LogP contribution in [0.2, 0.25) is 0 Å². The van der Waals surface area contributed by atoms with Crippen molar-refractivity contribution in [2.24, 2.45) is 0 Å². The summed E-state index contributed by atoms with van der Waals surface area (Å²) in [6, 6.07) is 8.28. The van der Waals surface area contributed by atoms with Crippen LogP contribution >= 0.6 is 0 Å². The van der Waals surface area contributed by atoms with Gasteiger partial charge in [-0.15, -0.1) is 6.58 Å². The minimum Gasteiger partial charge on any atom is -0.497 e. The molecule has 0 aliphatic heterocycles. The van der Waals surface area contributed by atoms with Gasteiger partial charge in [-0.3, -0.25) is 0 Å². The molecule has 1 aromatic carbocycles. The lowest BCUT2D eigenvalue weighted by Crippen LogP contribution is -2.18. The molecule has 0 saturated heterocycles. The van der Waals surface area contributed by atoms with Crippen LogP contribution in [0.15, 0.2) is 48.6 Å². The largest absolute Gasteiger partial charge is 0.497 e. The number of allylic oxidation sites excluding steroid dienone is 3. The molecule has 1 heteroatoms. The van der Waals surface area contributed by atoms with Crippen molar-refractivity contribution >= 4 is 0 Å². The molecule has 1 atom stereocenters. The summed E-state index contributed by atoms with van der Waals surface area (Å²) in [6.07, 6.45) is 6.49. The zero-order valence-electron chi connectivity index (χ0n) is 12.0. The molecule has 18 heavy (non-hydrogen) atoms. The van der Waals surface area contributed by atoms with E-state index >= 15 is 0 Å². The average Bonchev–Trinajstić information content (AvgIpc) is 2.38. The zero-order valence-corrected chi connectivity index (χ0v) is 12.0. The summed E-state index contributed by atoms with van der Waals surface area (Å²) < 4.78 is 5.19. The Morgan fingerprint density at radius 2 is 1.89 bits per heavy atom. The lowest BCUT2D eigenvalue weighted by Gasteiger charge is -2.26. The first-order chi connectivity index (χ1) is 8.51. The molecule has 1 aromatic rings. The summed E-state index contributed by atoms with van der Waals surface area (Å²) in [5, 5.41) is 0. The second-order valence-electron chi connectivity index (χ2n) is 5.17. The van der Waals surface area contributed by atoms with Gasteiger partial charge in [-0.1, -0.05) is 36.8 Å². The molecule has 0 aromatic heterocycles. The van der Waals surface area contributed by atoms with E-state index in [4.69, 9.17) is 4.74 Å². The highest BCUT2D eigenvalue weighted by Crippen LogP contribution is 2.31. The molecule has 0 fully saturated rings. The quantitative estimate of drug-likeness (QED) is 0.648. The predicted octanol–water partition coefficient (Wildman–Crippen LogP) is 4.89. The summed E-state index contributed by atoms with van der Waals surface area (Å²) >= 11 is 0. The minimum absolute atomic E-state index is 0.0260. The van der Waals surface area contributed by atoms with Gasteiger partial charge < -0.3 is 4.74 Å². The van der Waals surface area contributed by atoms with Crippen molar-refractivity contribution in [3.8, 4) is 5.75 Å². The highest BCUT2D eigenvalue weighted by atomic mass is 16.5. The monoisotopic (exact) mass is 244 g/mol. The average molecular weight is 244 g/mol. The van der Waals surface area contributed by atoms with Gasteiger partial charge in [0.05, 0.1) is 7.11 Å². The van der Waals surface area contributed by atoms with Gasteiger partial charge in [0.1, 0.15) is 5.75 Å². The highest BCUT2D eigenvalue weighted by Gasteiger charge is 2.21. The van der Waals surface area contributed by atoms with Gasteiger partial charge in [0.15, 0.2) is 0 Å². The Kier molecular flexibility index (Phi) is 5.21. The van der Waals surface area contributed by atoms with E-state index in [0.29, 0.717) is 0 Å². The van der Waals surface area contributed by atoms with Crippen LogP contribution < -0.4 is 4.74 Å². The SMILES string of the molecule is C=CC(C)(CCC=C(C)C)c1ccc(OC)cc1. The number of rotatable bonds is 6. The molecule has 98 valence electrons. The van der Waals surface area contributed by atoms with Crippen LogP contribution in [0.1, 0.15) is 39.2 Å². The van der Waals surface area contributed by atoms with Crippen molar-refractivity contribution in [1.29, 1.82) is 0 Å². The third-order valence-electron chi connectivity index (χ3n) is 3.42. The standard InChI is InChI=1S/C17H24O/c1-6-17(4,13-7-8-14(2)3)15-9-11-16(18-5)12-10-15/h6,8-12H,1,7,13H2,2-5H3. The van der Waals surface area contributed by atoms with Crippen LogP contribution in [-0.2, 0) is 5.41 Å². The van der Waals surface area contributed by atoms with Crippen LogP contribution in [0.5, 0.6) is 5.75 Å². The predicted molar refractivity (Wildman–Crippen MR) is 79.2 cm³/mol. The molecule has 0 amide bonds. The van der Waals surface area contributed by atoms with E-state index in [0.717, 1.165) is 18.6 Å². The Labute approximate surface area is 111 Å². The Bertz CT molecular complexity index is 410. The third-order valence-corrected chi connectivity index (χ3v) is 3.42. The molecule has 0 N–H and O–H groups in total. The number of benzene rings is 1. The number of hydrogen-bond donors (Lipinski definition) is 0. The molecular weight excluding hydrogens is 220 g/mol. The second-order valence-corrected chi connectivity index (χ2v) is 5.17. The molecule has 0 aliphatic rings. The van der Waals surface area contributed by atoms with Gasteiger partial charge in [-0.2, -0.15) is 0 Å². The van der Waals surface area contributed by atoms with Crippen molar-refractivity contribution < 1.29 is 4.74 Å². The molecule has 1 rings (SSSR count). The molecule has 0 radical (unpaired) electrons. The second kappa shape index (κ2) is 6.44. The van der Waals surface area contributed by atoms with E-state index in [9.17, 15) is 0 Å². The fourth-order valence-electron chi connectivity index (χ4n) is 2.00. The van der Waals surface area contributed by atoms with Crippen LogP contribution in [0.3, 0.4) is 0 Å². The molecular formula is C17H24O. The Hall–Kier alpha value is -1.50. The van der Waals surface area contributed by atoms with E-state index in [1.807, 2.05) is 18.2 Å². The summed E-state index contributed by atoms with van der Waals surface area (Å²) in [7, 11) is 1.69. The number of hydrogen-bond acceptors (Lipinski definition) is 1. The lowest BCUT2D eigenvalue weighted by atomic mass is 9.78. The molecule has 0 bridgehead atoms. The minimum atomic E-state index is 0.0260. The normalized spacial score (nSPS) is 13.6. The maximum absolute atomic E-state index is 5.19. The van der Waals surface area contributed by atoms with Gasteiger partial charge in [-0.05, 0) is 44.4 Å². The van der Waals surface area contributed by atoms with Crippen molar-refractivity contribution in [3.63, 3.8) is 0 Å². The molecule has 0 heterocycles. The van der Waals surface area contributed by atoms with Crippen LogP contribution in [0.25, 0.3) is 0 Å². The number of methoxy groups -OCH3 is 1. The first-order valence-electron chi connectivity index (χ1n) is 6.43.